The van der Waals surface area contributed by atoms with E-state index in [4.69, 9.17) is 9.47 Å². The second-order valence-electron chi connectivity index (χ2n) is 17.5. The first-order valence-corrected chi connectivity index (χ1v) is 22.3. The van der Waals surface area contributed by atoms with Gasteiger partial charge in [0.05, 0.1) is 22.2 Å². The van der Waals surface area contributed by atoms with Crippen molar-refractivity contribution in [2.24, 2.45) is 0 Å². The molecule has 14 rings (SSSR count). The van der Waals surface area contributed by atoms with Crippen LogP contribution in [-0.2, 0) is 10.8 Å². The number of para-hydroxylation sites is 2. The van der Waals surface area contributed by atoms with Crippen LogP contribution in [0.1, 0.15) is 44.5 Å². The largest absolute Gasteiger partial charge is 0.449 e. The Morgan fingerprint density at radius 3 is 1.57 bits per heavy atom. The molecule has 0 saturated carbocycles. The van der Waals surface area contributed by atoms with Gasteiger partial charge in [-0.3, -0.25) is 0 Å². The summed E-state index contributed by atoms with van der Waals surface area (Å²) in [5.74, 6) is 2.70. The van der Waals surface area contributed by atoms with E-state index >= 15 is 0 Å². The number of nitrogens with zero attached hydrogens (tertiary/aromatic N) is 1. The smallest absolute Gasteiger partial charge is 0.194 e. The van der Waals surface area contributed by atoms with E-state index in [1.165, 1.54) is 55.6 Å². The zero-order valence-corrected chi connectivity index (χ0v) is 35.4. The van der Waals surface area contributed by atoms with Crippen LogP contribution in [0.4, 0.5) is 17.1 Å². The van der Waals surface area contributed by atoms with Gasteiger partial charge in [0.1, 0.15) is 0 Å². The van der Waals surface area contributed by atoms with Crippen LogP contribution in [0.25, 0.3) is 39.0 Å². The maximum absolute atomic E-state index is 7.53. The molecule has 1 atom stereocenters. The molecule has 9 aromatic rings. The summed E-state index contributed by atoms with van der Waals surface area (Å²) in [4.78, 5) is 2.39. The normalized spacial score (nSPS) is 17.2. The zero-order valence-electron chi connectivity index (χ0n) is 35.4. The van der Waals surface area contributed by atoms with Gasteiger partial charge in [-0.2, -0.15) is 0 Å². The number of anilines is 3. The molecule has 0 amide bonds. The fourth-order valence-electron chi connectivity index (χ4n) is 12.4. The molecule has 3 nitrogen and oxygen atoms in total. The van der Waals surface area contributed by atoms with Crippen molar-refractivity contribution < 1.29 is 9.47 Å². The van der Waals surface area contributed by atoms with E-state index in [2.05, 4.69) is 218 Å². The maximum Gasteiger partial charge on any atom is 0.194 e. The van der Waals surface area contributed by atoms with Crippen LogP contribution in [0.2, 0.25) is 0 Å². The van der Waals surface area contributed by atoms with Gasteiger partial charge in [0.15, 0.2) is 23.0 Å². The van der Waals surface area contributed by atoms with Crippen molar-refractivity contribution in [1.29, 1.82) is 0 Å². The van der Waals surface area contributed by atoms with Crippen molar-refractivity contribution in [3.8, 4) is 56.4 Å². The molecule has 4 aliphatic carbocycles. The Kier molecular flexibility index (Phi) is 7.26. The van der Waals surface area contributed by atoms with Crippen LogP contribution in [0.15, 0.2) is 231 Å². The number of fused-ring (bicyclic) bond motifs is 20. The molecule has 0 saturated heterocycles. The third-order valence-corrected chi connectivity index (χ3v) is 14.7. The minimum absolute atomic E-state index is 0.571. The molecule has 0 N–H and O–H groups in total. The van der Waals surface area contributed by atoms with Gasteiger partial charge in [-0.1, -0.05) is 189 Å². The van der Waals surface area contributed by atoms with Gasteiger partial charge in [0.25, 0.3) is 0 Å². The number of allylic oxidation sites excluding steroid dienone is 4. The maximum atomic E-state index is 7.53. The van der Waals surface area contributed by atoms with Crippen LogP contribution < -0.4 is 14.4 Å². The Labute approximate surface area is 378 Å². The fraction of sp³-hybridized carbons (Fsp3) is 0.0323. The lowest BCUT2D eigenvalue weighted by Gasteiger charge is -2.37. The van der Waals surface area contributed by atoms with E-state index in [0.717, 1.165) is 50.5 Å². The van der Waals surface area contributed by atoms with Crippen molar-refractivity contribution in [2.75, 3.05) is 4.90 Å². The van der Waals surface area contributed by atoms with Crippen molar-refractivity contribution in [1.82, 2.24) is 0 Å². The SMILES string of the molecule is C=C/C=C1\C(=C)c2ccccc2C12c1ccccc1-c1c2ccc2c1Oc1c(cccc1N(c1ccccc1)c1cccc3c1C1(c4ccccc4-c4ccccc41)c1ccccc1-3)O2. The first-order chi connectivity index (χ1) is 32.2. The molecular formula is C62H39NO2. The summed E-state index contributed by atoms with van der Waals surface area (Å²) in [6, 6.07) is 72.5. The average Bonchev–Trinajstić information content (AvgIpc) is 4.03. The summed E-state index contributed by atoms with van der Waals surface area (Å²) in [7, 11) is 0. The molecule has 1 unspecified atom stereocenters. The van der Waals surface area contributed by atoms with Gasteiger partial charge in [-0.25, -0.2) is 0 Å². The number of rotatable bonds is 4. The molecule has 1 aliphatic heterocycles. The standard InChI is InChI=1S/C62H39NO2/c1-3-19-46-38(2)40-22-7-12-28-47(40)61(46)51-32-16-11-26-45(51)57-52(61)36-37-56-60(57)65-59-54(34-18-35-55(59)64-56)63(39-20-5-4-6-21-39)53-33-17-27-44-43-25-10-15-31-50(43)62(58(44)53)48-29-13-8-23-41(48)42-24-9-14-30-49(42)62/h3-37H,1-2H2/b46-19+. The number of benzene rings is 9. The van der Waals surface area contributed by atoms with Crippen molar-refractivity contribution in [3.05, 3.63) is 276 Å². The zero-order chi connectivity index (χ0) is 43.0. The molecule has 9 aromatic carbocycles. The molecule has 5 aliphatic rings. The molecule has 65 heavy (non-hydrogen) atoms. The second-order valence-corrected chi connectivity index (χ2v) is 17.5. The van der Waals surface area contributed by atoms with Gasteiger partial charge in [0, 0.05) is 16.8 Å². The van der Waals surface area contributed by atoms with Gasteiger partial charge in [0.2, 0.25) is 0 Å². The van der Waals surface area contributed by atoms with E-state index in [-0.39, 0.29) is 0 Å². The van der Waals surface area contributed by atoms with Crippen molar-refractivity contribution >= 4 is 22.6 Å². The highest BCUT2D eigenvalue weighted by atomic mass is 16.6. The predicted octanol–water partition coefficient (Wildman–Crippen LogP) is 15.9. The highest BCUT2D eigenvalue weighted by molar-refractivity contribution is 6.03. The Balaban J connectivity index is 1.02. The monoisotopic (exact) mass is 829 g/mol. The summed E-state index contributed by atoms with van der Waals surface area (Å²) >= 11 is 0. The van der Waals surface area contributed by atoms with Crippen LogP contribution in [0.3, 0.4) is 0 Å². The van der Waals surface area contributed by atoms with E-state index in [9.17, 15) is 0 Å². The molecular weight excluding hydrogens is 791 g/mol. The highest BCUT2D eigenvalue weighted by Crippen LogP contribution is 2.69. The Morgan fingerprint density at radius 2 is 0.908 bits per heavy atom. The lowest BCUT2D eigenvalue weighted by molar-refractivity contribution is 0.361. The van der Waals surface area contributed by atoms with E-state index in [0.29, 0.717) is 23.0 Å². The fourth-order valence-corrected chi connectivity index (χ4v) is 12.4. The molecule has 304 valence electrons. The molecule has 2 spiro atoms. The summed E-state index contributed by atoms with van der Waals surface area (Å²) in [6.45, 7) is 8.85. The Hall–Kier alpha value is -8.40. The topological polar surface area (TPSA) is 21.7 Å². The average molecular weight is 830 g/mol. The Morgan fingerprint density at radius 1 is 0.400 bits per heavy atom. The molecule has 0 fully saturated rings. The summed E-state index contributed by atoms with van der Waals surface area (Å²) < 4.78 is 14.6. The molecule has 0 bridgehead atoms. The Bertz CT molecular complexity index is 3550. The number of hydrogen-bond acceptors (Lipinski definition) is 3. The van der Waals surface area contributed by atoms with Crippen LogP contribution in [-0.4, -0.2) is 0 Å². The summed E-state index contributed by atoms with van der Waals surface area (Å²) in [5.41, 5.74) is 20.9. The highest BCUT2D eigenvalue weighted by Gasteiger charge is 2.55. The summed E-state index contributed by atoms with van der Waals surface area (Å²) in [6.07, 6.45) is 4.03. The minimum atomic E-state index is -0.607. The van der Waals surface area contributed by atoms with Crippen molar-refractivity contribution in [2.45, 2.75) is 10.8 Å². The van der Waals surface area contributed by atoms with Gasteiger partial charge in [-0.05, 0) is 114 Å². The van der Waals surface area contributed by atoms with Crippen molar-refractivity contribution in [3.63, 3.8) is 0 Å². The summed E-state index contributed by atoms with van der Waals surface area (Å²) in [5, 5.41) is 0. The molecule has 3 heteroatoms. The lowest BCUT2D eigenvalue weighted by atomic mass is 9.70. The second kappa shape index (κ2) is 13.1. The van der Waals surface area contributed by atoms with E-state index in [1.807, 2.05) is 12.1 Å². The lowest BCUT2D eigenvalue weighted by Crippen LogP contribution is -2.28. The van der Waals surface area contributed by atoms with Gasteiger partial charge >= 0.3 is 0 Å². The first-order valence-electron chi connectivity index (χ1n) is 22.3. The molecule has 0 aromatic heterocycles. The third kappa shape index (κ3) is 4.40. The van der Waals surface area contributed by atoms with E-state index < -0.39 is 10.8 Å². The van der Waals surface area contributed by atoms with Crippen LogP contribution in [0, 0.1) is 0 Å². The molecule has 0 radical (unpaired) electrons. The number of ether oxygens (including phenoxy) is 2. The van der Waals surface area contributed by atoms with E-state index in [1.54, 1.807) is 0 Å². The first kappa shape index (κ1) is 36.1. The van der Waals surface area contributed by atoms with Crippen LogP contribution >= 0.6 is 0 Å². The quantitative estimate of drug-likeness (QED) is 0.176. The predicted molar refractivity (Wildman–Crippen MR) is 263 cm³/mol. The van der Waals surface area contributed by atoms with Gasteiger partial charge < -0.3 is 14.4 Å². The minimum Gasteiger partial charge on any atom is -0.449 e. The van der Waals surface area contributed by atoms with Crippen LogP contribution in [0.5, 0.6) is 23.0 Å². The number of hydrogen-bond donors (Lipinski definition) is 0. The van der Waals surface area contributed by atoms with Gasteiger partial charge in [-0.15, -0.1) is 0 Å². The molecule has 1 heterocycles. The third-order valence-electron chi connectivity index (χ3n) is 14.7.